The van der Waals surface area contributed by atoms with Crippen molar-refractivity contribution in [2.45, 2.75) is 25.7 Å². The number of hydrogen-bond acceptors (Lipinski definition) is 3. The van der Waals surface area contributed by atoms with E-state index in [4.69, 9.17) is 4.74 Å². The Morgan fingerprint density at radius 3 is 2.43 bits per heavy atom. The standard InChI is InChI=1S/C10H24N2OSi/c1-11-5-6-12(9-11)10-13-7-8-14(2,3)4/h5-10H2,1-4H3. The van der Waals surface area contributed by atoms with Gasteiger partial charge < -0.3 is 4.74 Å². The topological polar surface area (TPSA) is 15.7 Å². The molecule has 1 aliphatic rings. The second kappa shape index (κ2) is 5.26. The van der Waals surface area contributed by atoms with E-state index in [0.29, 0.717) is 0 Å². The fraction of sp³-hybridized carbons (Fsp3) is 1.00. The summed E-state index contributed by atoms with van der Waals surface area (Å²) in [4.78, 5) is 4.67. The lowest BCUT2D eigenvalue weighted by atomic mass is 10.6. The van der Waals surface area contributed by atoms with Gasteiger partial charge >= 0.3 is 0 Å². The number of ether oxygens (including phenoxy) is 1. The lowest BCUT2D eigenvalue weighted by Gasteiger charge is -2.18. The summed E-state index contributed by atoms with van der Waals surface area (Å²) in [6.45, 7) is 12.3. The molecule has 0 bridgehead atoms. The van der Waals surface area contributed by atoms with Gasteiger partial charge in [-0.15, -0.1) is 0 Å². The molecule has 1 heterocycles. The fourth-order valence-electron chi connectivity index (χ4n) is 1.47. The first-order valence-corrected chi connectivity index (χ1v) is 9.17. The third-order valence-corrected chi connectivity index (χ3v) is 4.21. The van der Waals surface area contributed by atoms with E-state index >= 15 is 0 Å². The van der Waals surface area contributed by atoms with E-state index in [1.54, 1.807) is 0 Å². The van der Waals surface area contributed by atoms with Gasteiger partial charge in [-0.05, 0) is 13.1 Å². The highest BCUT2D eigenvalue weighted by Gasteiger charge is 2.16. The largest absolute Gasteiger partial charge is 0.366 e. The van der Waals surface area contributed by atoms with Crippen molar-refractivity contribution in [3.63, 3.8) is 0 Å². The average Bonchev–Trinajstić information content (AvgIpc) is 2.44. The molecule has 0 N–H and O–H groups in total. The Morgan fingerprint density at radius 1 is 1.21 bits per heavy atom. The van der Waals surface area contributed by atoms with Crippen molar-refractivity contribution < 1.29 is 4.74 Å². The Bertz CT molecular complexity index is 170. The minimum absolute atomic E-state index is 0.814. The zero-order valence-corrected chi connectivity index (χ0v) is 11.0. The minimum atomic E-state index is -0.901. The van der Waals surface area contributed by atoms with Crippen LogP contribution in [0.2, 0.25) is 25.7 Å². The molecule has 1 saturated heterocycles. The Labute approximate surface area is 89.0 Å². The van der Waals surface area contributed by atoms with Crippen LogP contribution in [0.15, 0.2) is 0 Å². The lowest BCUT2D eigenvalue weighted by molar-refractivity contribution is 0.0415. The van der Waals surface area contributed by atoms with Crippen LogP contribution in [0, 0.1) is 0 Å². The first kappa shape index (κ1) is 12.2. The molecule has 0 amide bonds. The first-order chi connectivity index (χ1) is 6.47. The van der Waals surface area contributed by atoms with Gasteiger partial charge in [-0.2, -0.15) is 0 Å². The van der Waals surface area contributed by atoms with E-state index in [9.17, 15) is 0 Å². The quantitative estimate of drug-likeness (QED) is 0.512. The van der Waals surface area contributed by atoms with E-state index in [2.05, 4.69) is 36.5 Å². The van der Waals surface area contributed by atoms with Crippen LogP contribution in [0.5, 0.6) is 0 Å². The van der Waals surface area contributed by atoms with Crippen molar-refractivity contribution in [2.24, 2.45) is 0 Å². The highest BCUT2D eigenvalue weighted by Crippen LogP contribution is 2.08. The number of likely N-dealkylation sites (N-methyl/N-ethyl adjacent to an activating group) is 1. The molecule has 0 radical (unpaired) electrons. The second-order valence-corrected chi connectivity index (χ2v) is 11.1. The molecule has 0 aliphatic carbocycles. The Balaban J connectivity index is 1.99. The maximum Gasteiger partial charge on any atom is 0.100 e. The SMILES string of the molecule is CN1CCN(COCC[Si](C)(C)C)C1. The van der Waals surface area contributed by atoms with Crippen LogP contribution in [0.1, 0.15) is 0 Å². The van der Waals surface area contributed by atoms with Gasteiger partial charge in [0.15, 0.2) is 0 Å². The van der Waals surface area contributed by atoms with Crippen molar-refractivity contribution >= 4 is 8.07 Å². The molecule has 84 valence electrons. The van der Waals surface area contributed by atoms with Crippen LogP contribution in [0.4, 0.5) is 0 Å². The molecular formula is C10H24N2OSi. The smallest absolute Gasteiger partial charge is 0.100 e. The first-order valence-electron chi connectivity index (χ1n) is 5.46. The maximum atomic E-state index is 5.68. The molecule has 14 heavy (non-hydrogen) atoms. The molecular weight excluding hydrogens is 192 g/mol. The van der Waals surface area contributed by atoms with Gasteiger partial charge in [-0.25, -0.2) is 0 Å². The minimum Gasteiger partial charge on any atom is -0.366 e. The highest BCUT2D eigenvalue weighted by molar-refractivity contribution is 6.76. The summed E-state index contributed by atoms with van der Waals surface area (Å²) in [5.41, 5.74) is 0. The van der Waals surface area contributed by atoms with Crippen LogP contribution in [-0.2, 0) is 4.74 Å². The fourth-order valence-corrected chi connectivity index (χ4v) is 2.23. The number of rotatable bonds is 5. The van der Waals surface area contributed by atoms with Crippen molar-refractivity contribution in [3.8, 4) is 0 Å². The molecule has 4 heteroatoms. The van der Waals surface area contributed by atoms with Crippen molar-refractivity contribution in [1.82, 2.24) is 9.80 Å². The molecule has 3 nitrogen and oxygen atoms in total. The summed E-state index contributed by atoms with van der Waals surface area (Å²) < 4.78 is 5.68. The molecule has 0 saturated carbocycles. The summed E-state index contributed by atoms with van der Waals surface area (Å²) in [5, 5.41) is 0. The van der Waals surface area contributed by atoms with Crippen molar-refractivity contribution in [3.05, 3.63) is 0 Å². The Morgan fingerprint density at radius 2 is 1.93 bits per heavy atom. The molecule has 0 unspecified atom stereocenters. The van der Waals surface area contributed by atoms with Crippen LogP contribution >= 0.6 is 0 Å². The molecule has 0 aromatic rings. The average molecular weight is 216 g/mol. The molecule has 1 fully saturated rings. The lowest BCUT2D eigenvalue weighted by Crippen LogP contribution is -2.28. The summed E-state index contributed by atoms with van der Waals surface area (Å²) >= 11 is 0. The molecule has 0 aromatic heterocycles. The van der Waals surface area contributed by atoms with Gasteiger partial charge in [-0.3, -0.25) is 9.80 Å². The number of hydrogen-bond donors (Lipinski definition) is 0. The highest BCUT2D eigenvalue weighted by atomic mass is 28.3. The van der Waals surface area contributed by atoms with Gasteiger partial charge in [0.05, 0.1) is 6.67 Å². The predicted molar refractivity (Wildman–Crippen MR) is 63.2 cm³/mol. The Hall–Kier alpha value is 0.0969. The molecule has 0 spiro atoms. The monoisotopic (exact) mass is 216 g/mol. The van der Waals surface area contributed by atoms with E-state index < -0.39 is 8.07 Å². The van der Waals surface area contributed by atoms with Crippen molar-refractivity contribution in [1.29, 1.82) is 0 Å². The van der Waals surface area contributed by atoms with Gasteiger partial charge in [0, 0.05) is 27.8 Å². The zero-order valence-electron chi connectivity index (χ0n) is 10.0. The van der Waals surface area contributed by atoms with Gasteiger partial charge in [0.2, 0.25) is 0 Å². The molecule has 0 atom stereocenters. The van der Waals surface area contributed by atoms with E-state index in [0.717, 1.165) is 26.6 Å². The van der Waals surface area contributed by atoms with Crippen LogP contribution < -0.4 is 0 Å². The normalized spacial score (nSPS) is 20.6. The van der Waals surface area contributed by atoms with Crippen LogP contribution in [0.25, 0.3) is 0 Å². The Kier molecular flexibility index (Phi) is 4.57. The van der Waals surface area contributed by atoms with E-state index in [1.807, 2.05) is 0 Å². The van der Waals surface area contributed by atoms with E-state index in [-0.39, 0.29) is 0 Å². The maximum absolute atomic E-state index is 5.68. The number of nitrogens with zero attached hydrogens (tertiary/aromatic N) is 2. The molecule has 1 aliphatic heterocycles. The third-order valence-electron chi connectivity index (χ3n) is 2.51. The molecule has 0 aromatic carbocycles. The molecule has 1 rings (SSSR count). The third kappa shape index (κ3) is 5.10. The van der Waals surface area contributed by atoms with Crippen molar-refractivity contribution in [2.75, 3.05) is 40.1 Å². The summed E-state index contributed by atoms with van der Waals surface area (Å²) in [6.07, 6.45) is 0. The van der Waals surface area contributed by atoms with Crippen LogP contribution in [-0.4, -0.2) is 58.0 Å². The zero-order chi connectivity index (χ0) is 10.6. The van der Waals surface area contributed by atoms with Crippen LogP contribution in [0.3, 0.4) is 0 Å². The van der Waals surface area contributed by atoms with Gasteiger partial charge in [-0.1, -0.05) is 19.6 Å². The summed E-state index contributed by atoms with van der Waals surface area (Å²) in [6, 6.07) is 1.27. The summed E-state index contributed by atoms with van der Waals surface area (Å²) in [7, 11) is 1.25. The second-order valence-electron chi connectivity index (χ2n) is 5.46. The van der Waals surface area contributed by atoms with Gasteiger partial charge in [0.25, 0.3) is 0 Å². The van der Waals surface area contributed by atoms with E-state index in [1.165, 1.54) is 12.6 Å². The predicted octanol–water partition coefficient (Wildman–Crippen LogP) is 1.50. The van der Waals surface area contributed by atoms with Gasteiger partial charge in [0.1, 0.15) is 6.73 Å². The summed E-state index contributed by atoms with van der Waals surface area (Å²) in [5.74, 6) is 0.